The Morgan fingerprint density at radius 3 is 2.24 bits per heavy atom. The second kappa shape index (κ2) is 10.5. The summed E-state index contributed by atoms with van der Waals surface area (Å²) in [6.45, 7) is 1.36. The Labute approximate surface area is 205 Å². The summed E-state index contributed by atoms with van der Waals surface area (Å²) in [6.07, 6.45) is 3.11. The zero-order chi connectivity index (χ0) is 22.9. The van der Waals surface area contributed by atoms with Crippen LogP contribution in [-0.4, -0.2) is 61.7 Å². The fourth-order valence-corrected chi connectivity index (χ4v) is 6.25. The molecule has 1 saturated carbocycles. The van der Waals surface area contributed by atoms with Crippen LogP contribution in [0, 0.1) is 11.3 Å². The molecule has 0 unspecified atom stereocenters. The second-order valence-corrected chi connectivity index (χ2v) is 10.9. The number of nitrogens with one attached hydrogen (secondary N) is 2. The van der Waals surface area contributed by atoms with Crippen molar-refractivity contribution in [1.82, 2.24) is 14.5 Å². The van der Waals surface area contributed by atoms with Crippen LogP contribution in [0.1, 0.15) is 25.7 Å². The van der Waals surface area contributed by atoms with Gasteiger partial charge in [0.25, 0.3) is 0 Å². The molecule has 2 fully saturated rings. The Morgan fingerprint density at radius 1 is 1.00 bits per heavy atom. The molecule has 180 valence electrons. The van der Waals surface area contributed by atoms with Gasteiger partial charge in [-0.3, -0.25) is 10.2 Å². The van der Waals surface area contributed by atoms with Crippen molar-refractivity contribution in [2.75, 3.05) is 26.2 Å². The first-order chi connectivity index (χ1) is 15.2. The van der Waals surface area contributed by atoms with Gasteiger partial charge in [0, 0.05) is 43.2 Å². The molecule has 0 aromatic heterocycles. The Kier molecular flexibility index (Phi) is 8.10. The van der Waals surface area contributed by atoms with Crippen molar-refractivity contribution in [2.24, 2.45) is 11.7 Å². The largest absolute Gasteiger partial charge is 0.370 e. The number of nitrogens with zero attached hydrogens (tertiary/aromatic N) is 2. The summed E-state index contributed by atoms with van der Waals surface area (Å²) >= 11 is 6.02. The number of rotatable bonds is 4. The Bertz CT molecular complexity index is 1130. The minimum absolute atomic E-state index is 0. The lowest BCUT2D eigenvalue weighted by Crippen LogP contribution is -2.52. The molecule has 4 rings (SSSR count). The van der Waals surface area contributed by atoms with Gasteiger partial charge in [-0.2, -0.15) is 4.31 Å². The minimum Gasteiger partial charge on any atom is -0.370 e. The molecule has 0 radical (unpaired) electrons. The molecule has 0 bridgehead atoms. The molecule has 1 aliphatic carbocycles. The van der Waals surface area contributed by atoms with E-state index in [4.69, 9.17) is 22.7 Å². The third-order valence-electron chi connectivity index (χ3n) is 6.40. The van der Waals surface area contributed by atoms with E-state index in [1.165, 1.54) is 4.31 Å². The van der Waals surface area contributed by atoms with E-state index in [9.17, 15) is 13.2 Å². The van der Waals surface area contributed by atoms with Crippen LogP contribution in [0.2, 0.25) is 5.02 Å². The minimum atomic E-state index is -3.63. The van der Waals surface area contributed by atoms with E-state index in [0.29, 0.717) is 18.1 Å². The van der Waals surface area contributed by atoms with Crippen molar-refractivity contribution in [3.63, 3.8) is 0 Å². The predicted molar refractivity (Wildman–Crippen MR) is 132 cm³/mol. The van der Waals surface area contributed by atoms with Crippen molar-refractivity contribution in [3.8, 4) is 0 Å². The molecule has 1 heterocycles. The van der Waals surface area contributed by atoms with Gasteiger partial charge in [0.2, 0.25) is 15.9 Å². The maximum Gasteiger partial charge on any atom is 0.243 e. The SMILES string of the molecule is Cl.N=C(N)NC1CCC(C(=O)N2CCN(S(=O)(=O)c3ccc4cc(Cl)ccc4c3)CC2)CC1. The lowest BCUT2D eigenvalue weighted by Gasteiger charge is -2.37. The van der Waals surface area contributed by atoms with Crippen LogP contribution >= 0.6 is 24.0 Å². The third-order valence-corrected chi connectivity index (χ3v) is 8.53. The second-order valence-electron chi connectivity index (χ2n) is 8.49. The maximum absolute atomic E-state index is 13.2. The van der Waals surface area contributed by atoms with E-state index in [2.05, 4.69) is 5.32 Å². The third kappa shape index (κ3) is 5.71. The topological polar surface area (TPSA) is 120 Å². The molecule has 33 heavy (non-hydrogen) atoms. The van der Waals surface area contributed by atoms with Crippen LogP contribution in [0.25, 0.3) is 10.8 Å². The Balaban J connectivity index is 0.00000306. The molecule has 11 heteroatoms. The molecule has 2 aromatic carbocycles. The van der Waals surface area contributed by atoms with Crippen LogP contribution in [0.3, 0.4) is 0 Å². The van der Waals surface area contributed by atoms with Gasteiger partial charge in [-0.25, -0.2) is 8.42 Å². The van der Waals surface area contributed by atoms with Crippen molar-refractivity contribution < 1.29 is 13.2 Å². The summed E-state index contributed by atoms with van der Waals surface area (Å²) in [5.41, 5.74) is 5.40. The van der Waals surface area contributed by atoms with Crippen LogP contribution in [0.4, 0.5) is 0 Å². The summed E-state index contributed by atoms with van der Waals surface area (Å²) in [6, 6.07) is 10.6. The van der Waals surface area contributed by atoms with Crippen molar-refractivity contribution in [2.45, 2.75) is 36.6 Å². The number of benzene rings is 2. The zero-order valence-corrected chi connectivity index (χ0v) is 20.6. The normalized spacial score (nSPS) is 21.9. The average Bonchev–Trinajstić information content (AvgIpc) is 2.78. The van der Waals surface area contributed by atoms with Crippen LogP contribution in [0.5, 0.6) is 0 Å². The van der Waals surface area contributed by atoms with Gasteiger partial charge in [-0.15, -0.1) is 12.4 Å². The quantitative estimate of drug-likeness (QED) is 0.428. The summed E-state index contributed by atoms with van der Waals surface area (Å²) in [4.78, 5) is 15.0. The molecule has 4 N–H and O–H groups in total. The molecule has 0 atom stereocenters. The maximum atomic E-state index is 13.2. The predicted octanol–water partition coefficient (Wildman–Crippen LogP) is 2.79. The molecular formula is C22H29Cl2N5O3S. The van der Waals surface area contributed by atoms with E-state index >= 15 is 0 Å². The summed E-state index contributed by atoms with van der Waals surface area (Å²) in [5, 5.41) is 12.6. The number of guanidine groups is 1. The highest BCUT2D eigenvalue weighted by atomic mass is 35.5. The molecule has 1 amide bonds. The molecule has 2 aliphatic rings. The first-order valence-corrected chi connectivity index (χ1v) is 12.6. The number of fused-ring (bicyclic) bond motifs is 1. The molecule has 8 nitrogen and oxygen atoms in total. The average molecular weight is 514 g/mol. The number of piperazine rings is 1. The summed E-state index contributed by atoms with van der Waals surface area (Å²) < 4.78 is 27.8. The van der Waals surface area contributed by atoms with E-state index < -0.39 is 10.0 Å². The summed E-state index contributed by atoms with van der Waals surface area (Å²) in [5.74, 6) is 0.0219. The molecule has 1 aliphatic heterocycles. The Morgan fingerprint density at radius 2 is 1.61 bits per heavy atom. The highest BCUT2D eigenvalue weighted by Crippen LogP contribution is 2.28. The fourth-order valence-electron chi connectivity index (χ4n) is 4.62. The van der Waals surface area contributed by atoms with Gasteiger partial charge in [-0.1, -0.05) is 23.7 Å². The monoisotopic (exact) mass is 513 g/mol. The number of carbonyl (C=O) groups is 1. The van der Waals surface area contributed by atoms with Gasteiger partial charge in [-0.05, 0) is 60.7 Å². The number of carbonyl (C=O) groups excluding carboxylic acids is 1. The van der Waals surface area contributed by atoms with Gasteiger partial charge in [0.05, 0.1) is 4.90 Å². The van der Waals surface area contributed by atoms with E-state index in [1.807, 2.05) is 6.07 Å². The van der Waals surface area contributed by atoms with Gasteiger partial charge >= 0.3 is 0 Å². The molecule has 1 saturated heterocycles. The highest BCUT2D eigenvalue weighted by molar-refractivity contribution is 7.89. The lowest BCUT2D eigenvalue weighted by atomic mass is 9.85. The molecular weight excluding hydrogens is 485 g/mol. The zero-order valence-electron chi connectivity index (χ0n) is 18.2. The van der Waals surface area contributed by atoms with E-state index in [-0.39, 0.29) is 54.2 Å². The van der Waals surface area contributed by atoms with Crippen molar-refractivity contribution >= 4 is 56.7 Å². The summed E-state index contributed by atoms with van der Waals surface area (Å²) in [7, 11) is -3.63. The van der Waals surface area contributed by atoms with Crippen LogP contribution < -0.4 is 11.1 Å². The lowest BCUT2D eigenvalue weighted by molar-refractivity contribution is -0.137. The smallest absolute Gasteiger partial charge is 0.243 e. The number of halogens is 2. The first-order valence-electron chi connectivity index (χ1n) is 10.8. The van der Waals surface area contributed by atoms with Gasteiger partial charge < -0.3 is 16.0 Å². The number of hydrogen-bond donors (Lipinski definition) is 3. The van der Waals surface area contributed by atoms with Crippen LogP contribution in [-0.2, 0) is 14.8 Å². The first kappa shape index (κ1) is 25.6. The Hall–Kier alpha value is -2.07. The number of sulfonamides is 1. The number of hydrogen-bond acceptors (Lipinski definition) is 4. The van der Waals surface area contributed by atoms with Crippen LogP contribution in [0.15, 0.2) is 41.3 Å². The van der Waals surface area contributed by atoms with Crippen molar-refractivity contribution in [1.29, 1.82) is 5.41 Å². The number of amides is 1. The van der Waals surface area contributed by atoms with Gasteiger partial charge in [0.15, 0.2) is 5.96 Å². The molecule has 0 spiro atoms. The highest BCUT2D eigenvalue weighted by Gasteiger charge is 2.34. The molecule has 2 aromatic rings. The van der Waals surface area contributed by atoms with Gasteiger partial charge in [0.1, 0.15) is 0 Å². The van der Waals surface area contributed by atoms with E-state index in [1.54, 1.807) is 35.2 Å². The number of nitrogens with two attached hydrogens (primary N) is 1. The van der Waals surface area contributed by atoms with Crippen molar-refractivity contribution in [3.05, 3.63) is 41.4 Å². The van der Waals surface area contributed by atoms with E-state index in [0.717, 1.165) is 36.5 Å². The fraction of sp³-hybridized carbons (Fsp3) is 0.455. The standard InChI is InChI=1S/C22H28ClN5O3S.ClH/c23-18-5-1-17-14-20(8-4-16(17)13-18)32(30,31)28-11-9-27(10-12-28)21(29)15-2-6-19(7-3-15)26-22(24)25;/h1,4-5,8,13-15,19H,2-3,6-7,9-12H2,(H4,24,25,26);1H.